The fourth-order valence-electron chi connectivity index (χ4n) is 1.63. The number of hydrogen-bond donors (Lipinski definition) is 1. The lowest BCUT2D eigenvalue weighted by molar-refractivity contribution is 0.303. The fourth-order valence-corrected chi connectivity index (χ4v) is 2.42. The summed E-state index contributed by atoms with van der Waals surface area (Å²) < 4.78 is 12.9. The van der Waals surface area contributed by atoms with Gasteiger partial charge in [0, 0.05) is 11.5 Å². The van der Waals surface area contributed by atoms with Crippen molar-refractivity contribution >= 4 is 16.9 Å². The number of aliphatic hydroxyl groups excluding tert-OH is 1. The Labute approximate surface area is 104 Å². The van der Waals surface area contributed by atoms with Crippen molar-refractivity contribution in [3.05, 3.63) is 64.1 Å². The third-order valence-corrected chi connectivity index (χ3v) is 3.32. The summed E-state index contributed by atoms with van der Waals surface area (Å²) in [5.41, 5.74) is 2.02. The van der Waals surface area contributed by atoms with E-state index in [1.54, 1.807) is 23.5 Å². The van der Waals surface area contributed by atoms with Gasteiger partial charge in [-0.3, -0.25) is 0 Å². The Hall–Kier alpha value is -1.45. The number of benzene rings is 1. The average Bonchev–Trinajstić information content (AvgIpc) is 2.85. The number of thiophene rings is 1. The van der Waals surface area contributed by atoms with Gasteiger partial charge in [0.05, 0.1) is 0 Å². The number of rotatable bonds is 4. The van der Waals surface area contributed by atoms with Gasteiger partial charge in [-0.15, -0.1) is 11.3 Å². The Morgan fingerprint density at radius 2 is 2.00 bits per heavy atom. The SMILES string of the molecule is OCCC=C(c1ccc(F)cc1)c1cccs1. The van der Waals surface area contributed by atoms with Gasteiger partial charge >= 0.3 is 0 Å². The summed E-state index contributed by atoms with van der Waals surface area (Å²) in [5, 5.41) is 10.9. The first-order valence-corrected chi connectivity index (χ1v) is 6.30. The van der Waals surface area contributed by atoms with E-state index in [1.807, 2.05) is 23.6 Å². The summed E-state index contributed by atoms with van der Waals surface area (Å²) in [6, 6.07) is 10.4. The fraction of sp³-hybridized carbons (Fsp3) is 0.143. The molecule has 0 aliphatic heterocycles. The van der Waals surface area contributed by atoms with Crippen molar-refractivity contribution in [3.8, 4) is 0 Å². The van der Waals surface area contributed by atoms with Gasteiger partial charge in [-0.05, 0) is 41.1 Å². The molecular weight excluding hydrogens is 235 g/mol. The van der Waals surface area contributed by atoms with E-state index in [0.29, 0.717) is 6.42 Å². The van der Waals surface area contributed by atoms with E-state index in [2.05, 4.69) is 0 Å². The minimum atomic E-state index is -0.235. The van der Waals surface area contributed by atoms with Gasteiger partial charge in [-0.1, -0.05) is 24.3 Å². The quantitative estimate of drug-likeness (QED) is 0.874. The van der Waals surface area contributed by atoms with Crippen LogP contribution in [0.1, 0.15) is 16.9 Å². The Balaban J connectivity index is 2.37. The molecule has 2 rings (SSSR count). The topological polar surface area (TPSA) is 20.2 Å². The summed E-state index contributed by atoms with van der Waals surface area (Å²) in [6.45, 7) is 0.121. The van der Waals surface area contributed by atoms with Crippen molar-refractivity contribution in [1.29, 1.82) is 0 Å². The monoisotopic (exact) mass is 248 g/mol. The summed E-state index contributed by atoms with van der Waals surface area (Å²) in [5.74, 6) is -0.235. The van der Waals surface area contributed by atoms with Crippen molar-refractivity contribution < 1.29 is 9.50 Å². The van der Waals surface area contributed by atoms with Crippen molar-refractivity contribution in [2.24, 2.45) is 0 Å². The zero-order valence-electron chi connectivity index (χ0n) is 9.27. The predicted molar refractivity (Wildman–Crippen MR) is 69.5 cm³/mol. The summed E-state index contributed by atoms with van der Waals surface area (Å²) in [7, 11) is 0. The van der Waals surface area contributed by atoms with Crippen LogP contribution < -0.4 is 0 Å². The molecule has 1 nitrogen and oxygen atoms in total. The Morgan fingerprint density at radius 1 is 1.24 bits per heavy atom. The molecule has 0 spiro atoms. The zero-order valence-corrected chi connectivity index (χ0v) is 10.1. The highest BCUT2D eigenvalue weighted by Gasteiger charge is 2.05. The number of halogens is 1. The molecule has 0 fully saturated rings. The lowest BCUT2D eigenvalue weighted by Crippen LogP contribution is -1.87. The Kier molecular flexibility index (Phi) is 4.07. The van der Waals surface area contributed by atoms with Crippen LogP contribution in [0.2, 0.25) is 0 Å². The first-order valence-electron chi connectivity index (χ1n) is 5.42. The third-order valence-electron chi connectivity index (χ3n) is 2.42. The highest BCUT2D eigenvalue weighted by atomic mass is 32.1. The van der Waals surface area contributed by atoms with E-state index in [9.17, 15) is 4.39 Å². The van der Waals surface area contributed by atoms with Crippen molar-refractivity contribution in [2.75, 3.05) is 6.61 Å². The van der Waals surface area contributed by atoms with Crippen LogP contribution in [0.25, 0.3) is 5.57 Å². The van der Waals surface area contributed by atoms with E-state index < -0.39 is 0 Å². The third kappa shape index (κ3) is 3.02. The predicted octanol–water partition coefficient (Wildman–Crippen LogP) is 3.70. The van der Waals surface area contributed by atoms with Gasteiger partial charge in [0.25, 0.3) is 0 Å². The van der Waals surface area contributed by atoms with Gasteiger partial charge in [0.15, 0.2) is 0 Å². The van der Waals surface area contributed by atoms with Crippen LogP contribution in [0.5, 0.6) is 0 Å². The molecule has 88 valence electrons. The molecule has 0 aliphatic rings. The molecule has 0 saturated carbocycles. The molecule has 2 aromatic rings. The Morgan fingerprint density at radius 3 is 2.59 bits per heavy atom. The lowest BCUT2D eigenvalue weighted by atomic mass is 10.0. The van der Waals surface area contributed by atoms with Crippen LogP contribution in [0.4, 0.5) is 4.39 Å². The number of hydrogen-bond acceptors (Lipinski definition) is 2. The minimum Gasteiger partial charge on any atom is -0.396 e. The second kappa shape index (κ2) is 5.75. The van der Waals surface area contributed by atoms with Gasteiger partial charge in [0.1, 0.15) is 5.82 Å². The van der Waals surface area contributed by atoms with E-state index in [1.165, 1.54) is 12.1 Å². The van der Waals surface area contributed by atoms with Crippen LogP contribution in [0.3, 0.4) is 0 Å². The summed E-state index contributed by atoms with van der Waals surface area (Å²) >= 11 is 1.64. The molecule has 0 bridgehead atoms. The first kappa shape index (κ1) is 12.0. The smallest absolute Gasteiger partial charge is 0.123 e. The van der Waals surface area contributed by atoms with E-state index in [-0.39, 0.29) is 12.4 Å². The molecule has 17 heavy (non-hydrogen) atoms. The highest BCUT2D eigenvalue weighted by Crippen LogP contribution is 2.27. The van der Waals surface area contributed by atoms with Crippen molar-refractivity contribution in [1.82, 2.24) is 0 Å². The molecule has 0 amide bonds. The van der Waals surface area contributed by atoms with E-state index in [4.69, 9.17) is 5.11 Å². The average molecular weight is 248 g/mol. The largest absolute Gasteiger partial charge is 0.396 e. The van der Waals surface area contributed by atoms with Crippen LogP contribution in [0.15, 0.2) is 47.9 Å². The van der Waals surface area contributed by atoms with Crippen LogP contribution in [0, 0.1) is 5.82 Å². The van der Waals surface area contributed by atoms with Crippen LogP contribution >= 0.6 is 11.3 Å². The molecule has 1 N–H and O–H groups in total. The minimum absolute atomic E-state index is 0.121. The van der Waals surface area contributed by atoms with Crippen LogP contribution in [-0.4, -0.2) is 11.7 Å². The maximum atomic E-state index is 12.9. The number of aliphatic hydroxyl groups is 1. The first-order chi connectivity index (χ1) is 8.31. The van der Waals surface area contributed by atoms with Gasteiger partial charge < -0.3 is 5.11 Å². The molecule has 1 heterocycles. The van der Waals surface area contributed by atoms with Gasteiger partial charge in [-0.2, -0.15) is 0 Å². The standard InChI is InChI=1S/C14H13FOS/c15-12-7-5-11(6-8-12)13(3-1-9-16)14-4-2-10-17-14/h2-8,10,16H,1,9H2. The molecule has 0 unspecified atom stereocenters. The maximum Gasteiger partial charge on any atom is 0.123 e. The van der Waals surface area contributed by atoms with E-state index >= 15 is 0 Å². The van der Waals surface area contributed by atoms with Gasteiger partial charge in [-0.25, -0.2) is 4.39 Å². The molecule has 0 aliphatic carbocycles. The van der Waals surface area contributed by atoms with Crippen LogP contribution in [-0.2, 0) is 0 Å². The summed E-state index contributed by atoms with van der Waals surface area (Å²) in [6.07, 6.45) is 2.59. The molecule has 1 aromatic carbocycles. The lowest BCUT2D eigenvalue weighted by Gasteiger charge is -2.05. The molecule has 3 heteroatoms. The van der Waals surface area contributed by atoms with Crippen molar-refractivity contribution in [3.63, 3.8) is 0 Å². The normalized spacial score (nSPS) is 11.8. The molecular formula is C14H13FOS. The zero-order chi connectivity index (χ0) is 12.1. The second-order valence-corrected chi connectivity index (χ2v) is 4.56. The molecule has 0 radical (unpaired) electrons. The van der Waals surface area contributed by atoms with Crippen molar-refractivity contribution in [2.45, 2.75) is 6.42 Å². The second-order valence-electron chi connectivity index (χ2n) is 3.61. The Bertz CT molecular complexity index is 485. The molecule has 0 atom stereocenters. The van der Waals surface area contributed by atoms with Gasteiger partial charge in [0.2, 0.25) is 0 Å². The highest BCUT2D eigenvalue weighted by molar-refractivity contribution is 7.11. The molecule has 1 aromatic heterocycles. The maximum absolute atomic E-state index is 12.9. The molecule has 0 saturated heterocycles. The van der Waals surface area contributed by atoms with E-state index in [0.717, 1.165) is 16.0 Å². The summed E-state index contributed by atoms with van der Waals surface area (Å²) in [4.78, 5) is 1.13.